The lowest BCUT2D eigenvalue weighted by molar-refractivity contribution is -0.142. The Morgan fingerprint density at radius 1 is 1.00 bits per heavy atom. The van der Waals surface area contributed by atoms with Crippen LogP contribution in [0.15, 0.2) is 35.5 Å². The van der Waals surface area contributed by atoms with Crippen LogP contribution in [0.1, 0.15) is 56.9 Å². The fraction of sp³-hybridized carbons (Fsp3) is 0.600. The van der Waals surface area contributed by atoms with Gasteiger partial charge in [0.05, 0.1) is 30.9 Å². The van der Waals surface area contributed by atoms with Gasteiger partial charge in [0.1, 0.15) is 0 Å². The molecule has 2 heterocycles. The van der Waals surface area contributed by atoms with Gasteiger partial charge in [-0.2, -0.15) is 5.10 Å². The van der Waals surface area contributed by atoms with E-state index in [0.29, 0.717) is 13.2 Å². The minimum atomic E-state index is -0.0401. The molecule has 2 aliphatic heterocycles. The summed E-state index contributed by atoms with van der Waals surface area (Å²) in [4.78, 5) is 13.3. The van der Waals surface area contributed by atoms with Crippen molar-refractivity contribution in [2.75, 3.05) is 20.3 Å². The molecule has 6 nitrogen and oxygen atoms in total. The summed E-state index contributed by atoms with van der Waals surface area (Å²) in [6.45, 7) is 1.38. The van der Waals surface area contributed by atoms with E-state index >= 15 is 0 Å². The van der Waals surface area contributed by atoms with Crippen LogP contribution in [0.25, 0.3) is 0 Å². The zero-order chi connectivity index (χ0) is 21.2. The molecule has 2 atom stereocenters. The number of methoxy groups -OCH3 is 1. The first-order valence-corrected chi connectivity index (χ1v) is 11.7. The number of hydrogen-bond donors (Lipinski definition) is 0. The number of hydrogen-bond acceptors (Lipinski definition) is 5. The van der Waals surface area contributed by atoms with Gasteiger partial charge in [-0.25, -0.2) is 5.01 Å². The van der Waals surface area contributed by atoms with E-state index in [0.717, 1.165) is 61.3 Å². The number of rotatable bonds is 5. The summed E-state index contributed by atoms with van der Waals surface area (Å²) in [6, 6.07) is 6.23. The highest BCUT2D eigenvalue weighted by atomic mass is 16.5. The Bertz CT molecular complexity index is 868. The number of benzene rings is 1. The van der Waals surface area contributed by atoms with Gasteiger partial charge in [0.2, 0.25) is 5.91 Å². The number of allylic oxidation sites excluding steroid dienone is 2. The molecule has 31 heavy (non-hydrogen) atoms. The minimum absolute atomic E-state index is 0.0401. The highest BCUT2D eigenvalue weighted by Gasteiger charge is 2.42. The molecule has 2 aliphatic carbocycles. The van der Waals surface area contributed by atoms with Gasteiger partial charge in [0.25, 0.3) is 0 Å². The summed E-state index contributed by atoms with van der Waals surface area (Å²) in [7, 11) is 1.68. The second-order valence-electron chi connectivity index (χ2n) is 9.06. The molecule has 0 aromatic heterocycles. The normalized spacial score (nSPS) is 27.2. The van der Waals surface area contributed by atoms with Gasteiger partial charge in [-0.3, -0.25) is 4.79 Å². The number of carbonyl (C=O) groups is 1. The Balaban J connectivity index is 1.51. The lowest BCUT2D eigenvalue weighted by atomic mass is 9.76. The van der Waals surface area contributed by atoms with Crippen LogP contribution in [-0.2, 0) is 9.53 Å². The zero-order valence-electron chi connectivity index (χ0n) is 18.3. The molecule has 1 amide bonds. The Morgan fingerprint density at radius 2 is 1.74 bits per heavy atom. The average Bonchev–Trinajstić information content (AvgIpc) is 3.33. The van der Waals surface area contributed by atoms with E-state index in [1.165, 1.54) is 12.8 Å². The van der Waals surface area contributed by atoms with Crippen molar-refractivity contribution in [3.05, 3.63) is 35.9 Å². The van der Waals surface area contributed by atoms with Crippen LogP contribution < -0.4 is 9.47 Å². The first-order valence-electron chi connectivity index (χ1n) is 11.7. The highest BCUT2D eigenvalue weighted by molar-refractivity contribution is 6.07. The molecule has 166 valence electrons. The number of carbonyl (C=O) groups excluding carboxylic acids is 1. The van der Waals surface area contributed by atoms with Gasteiger partial charge >= 0.3 is 0 Å². The van der Waals surface area contributed by atoms with E-state index < -0.39 is 0 Å². The van der Waals surface area contributed by atoms with Crippen LogP contribution in [0.4, 0.5) is 0 Å². The van der Waals surface area contributed by atoms with Crippen molar-refractivity contribution in [3.8, 4) is 11.5 Å². The number of ether oxygens (including phenoxy) is 3. The molecule has 0 N–H and O–H groups in total. The molecule has 1 saturated heterocycles. The van der Waals surface area contributed by atoms with Gasteiger partial charge in [0, 0.05) is 24.7 Å². The molecule has 4 aliphatic rings. The van der Waals surface area contributed by atoms with Crippen molar-refractivity contribution in [2.45, 2.75) is 63.5 Å². The molecular formula is C25H32N2O4. The van der Waals surface area contributed by atoms with Crippen molar-refractivity contribution in [3.63, 3.8) is 0 Å². The summed E-state index contributed by atoms with van der Waals surface area (Å²) < 4.78 is 17.4. The third-order valence-corrected chi connectivity index (χ3v) is 7.13. The summed E-state index contributed by atoms with van der Waals surface area (Å²) in [5, 5.41) is 6.76. The predicted molar refractivity (Wildman–Crippen MR) is 118 cm³/mol. The van der Waals surface area contributed by atoms with Gasteiger partial charge in [-0.1, -0.05) is 12.2 Å². The van der Waals surface area contributed by atoms with Crippen molar-refractivity contribution >= 4 is 11.6 Å². The van der Waals surface area contributed by atoms with E-state index in [9.17, 15) is 4.79 Å². The summed E-state index contributed by atoms with van der Waals surface area (Å²) in [6.07, 6.45) is 12.5. The quantitative estimate of drug-likeness (QED) is 0.661. The summed E-state index contributed by atoms with van der Waals surface area (Å²) >= 11 is 0. The SMILES string of the molecule is COc1ccc(C2=NN(C3CCOCC3)C(=O)C3CC=CCC23)cc1OC1CCCC1. The Morgan fingerprint density at radius 3 is 2.48 bits per heavy atom. The average molecular weight is 425 g/mol. The van der Waals surface area contributed by atoms with E-state index in [1.807, 2.05) is 6.07 Å². The number of amides is 1. The molecule has 1 aromatic carbocycles. The summed E-state index contributed by atoms with van der Waals surface area (Å²) in [5.74, 6) is 1.78. The molecule has 0 radical (unpaired) electrons. The van der Waals surface area contributed by atoms with Crippen LogP contribution in [0.2, 0.25) is 0 Å². The van der Waals surface area contributed by atoms with E-state index in [1.54, 1.807) is 12.1 Å². The van der Waals surface area contributed by atoms with Crippen molar-refractivity contribution in [2.24, 2.45) is 16.9 Å². The molecule has 0 spiro atoms. The van der Waals surface area contributed by atoms with Crippen LogP contribution in [0.5, 0.6) is 11.5 Å². The summed E-state index contributed by atoms with van der Waals surface area (Å²) in [5.41, 5.74) is 2.03. The second kappa shape index (κ2) is 9.03. The smallest absolute Gasteiger partial charge is 0.247 e. The molecule has 1 aromatic rings. The maximum atomic E-state index is 13.3. The van der Waals surface area contributed by atoms with Gasteiger partial charge in [0.15, 0.2) is 11.5 Å². The van der Waals surface area contributed by atoms with Gasteiger partial charge < -0.3 is 14.2 Å². The van der Waals surface area contributed by atoms with Crippen LogP contribution in [0, 0.1) is 11.8 Å². The Kier molecular flexibility index (Phi) is 5.99. The molecule has 2 unspecified atom stereocenters. The second-order valence-corrected chi connectivity index (χ2v) is 9.06. The minimum Gasteiger partial charge on any atom is -0.493 e. The lowest BCUT2D eigenvalue weighted by Crippen LogP contribution is -2.50. The first kappa shape index (κ1) is 20.6. The van der Waals surface area contributed by atoms with Gasteiger partial charge in [-0.05, 0) is 69.6 Å². The number of fused-ring (bicyclic) bond motifs is 1. The monoisotopic (exact) mass is 424 g/mol. The van der Waals surface area contributed by atoms with Crippen molar-refractivity contribution in [1.82, 2.24) is 5.01 Å². The predicted octanol–water partition coefficient (Wildman–Crippen LogP) is 4.32. The standard InChI is InChI=1S/C25H32N2O4/c1-29-22-11-10-17(16-23(22)31-19-6-2-3-7-19)24-20-8-4-5-9-21(20)25(28)27(26-24)18-12-14-30-15-13-18/h4-5,10-11,16,18-21H,2-3,6-9,12-15H2,1H3. The molecular weight excluding hydrogens is 392 g/mol. The molecule has 5 rings (SSSR count). The number of nitrogens with zero attached hydrogens (tertiary/aromatic N) is 2. The largest absolute Gasteiger partial charge is 0.493 e. The maximum absolute atomic E-state index is 13.3. The third-order valence-electron chi connectivity index (χ3n) is 7.13. The van der Waals surface area contributed by atoms with Crippen molar-refractivity contribution in [1.29, 1.82) is 0 Å². The van der Waals surface area contributed by atoms with Gasteiger partial charge in [-0.15, -0.1) is 0 Å². The van der Waals surface area contributed by atoms with E-state index in [2.05, 4.69) is 24.3 Å². The Labute approximate surface area is 184 Å². The zero-order valence-corrected chi connectivity index (χ0v) is 18.3. The highest BCUT2D eigenvalue weighted by Crippen LogP contribution is 2.39. The van der Waals surface area contributed by atoms with Crippen molar-refractivity contribution < 1.29 is 19.0 Å². The van der Waals surface area contributed by atoms with Crippen LogP contribution in [0.3, 0.4) is 0 Å². The molecule has 1 saturated carbocycles. The maximum Gasteiger partial charge on any atom is 0.247 e. The third kappa shape index (κ3) is 4.10. The molecule has 2 fully saturated rings. The fourth-order valence-corrected chi connectivity index (χ4v) is 5.38. The van der Waals surface area contributed by atoms with Crippen LogP contribution in [-0.4, -0.2) is 49.1 Å². The number of hydrazone groups is 1. The van der Waals surface area contributed by atoms with Crippen LogP contribution >= 0.6 is 0 Å². The van der Waals surface area contributed by atoms with E-state index in [4.69, 9.17) is 19.3 Å². The molecule has 6 heteroatoms. The lowest BCUT2D eigenvalue weighted by Gasteiger charge is -2.41. The fourth-order valence-electron chi connectivity index (χ4n) is 5.38. The molecule has 0 bridgehead atoms. The van der Waals surface area contributed by atoms with E-state index in [-0.39, 0.29) is 29.9 Å². The Hall–Kier alpha value is -2.34. The first-order chi connectivity index (χ1) is 15.2. The topological polar surface area (TPSA) is 60.4 Å².